The predicted octanol–water partition coefficient (Wildman–Crippen LogP) is 3.10. The fourth-order valence-corrected chi connectivity index (χ4v) is 2.34. The molecule has 0 bridgehead atoms. The van der Waals surface area contributed by atoms with Crippen molar-refractivity contribution in [1.29, 1.82) is 0 Å². The summed E-state index contributed by atoms with van der Waals surface area (Å²) in [4.78, 5) is 0. The maximum atomic E-state index is 6.29. The van der Waals surface area contributed by atoms with Gasteiger partial charge in [-0.25, -0.2) is 4.68 Å². The van der Waals surface area contributed by atoms with Crippen LogP contribution in [0.15, 0.2) is 36.7 Å². The minimum Gasteiger partial charge on any atom is -0.495 e. The lowest BCUT2D eigenvalue weighted by atomic mass is 10.0. The first-order valence-electron chi connectivity index (χ1n) is 6.29. The Morgan fingerprint density at radius 2 is 2.19 bits per heavy atom. The summed E-state index contributed by atoms with van der Waals surface area (Å²) in [6, 6.07) is 12.8. The van der Waals surface area contributed by atoms with Crippen LogP contribution in [0.5, 0.6) is 5.75 Å². The summed E-state index contributed by atoms with van der Waals surface area (Å²) < 4.78 is 7.04. The SMILES string of the molecule is COc1c(-c2cccc(-n3cnnn3)c2)c[c]c(C)c1Cl. The summed E-state index contributed by atoms with van der Waals surface area (Å²) in [7, 11) is 1.61. The highest BCUT2D eigenvalue weighted by Gasteiger charge is 2.13. The number of aromatic nitrogens is 4. The topological polar surface area (TPSA) is 52.8 Å². The molecule has 1 radical (unpaired) electrons. The molecule has 0 aliphatic rings. The molecule has 0 amide bonds. The first-order chi connectivity index (χ1) is 10.2. The number of aryl methyl sites for hydroxylation is 1. The number of tetrazole rings is 1. The monoisotopic (exact) mass is 299 g/mol. The van der Waals surface area contributed by atoms with Gasteiger partial charge in [0.25, 0.3) is 0 Å². The van der Waals surface area contributed by atoms with E-state index in [1.165, 1.54) is 0 Å². The van der Waals surface area contributed by atoms with Crippen molar-refractivity contribution in [2.24, 2.45) is 0 Å². The molecule has 0 aliphatic heterocycles. The second kappa shape index (κ2) is 5.54. The smallest absolute Gasteiger partial charge is 0.145 e. The van der Waals surface area contributed by atoms with E-state index in [2.05, 4.69) is 21.6 Å². The summed E-state index contributed by atoms with van der Waals surface area (Å²) in [6.45, 7) is 1.89. The van der Waals surface area contributed by atoms with E-state index < -0.39 is 0 Å². The van der Waals surface area contributed by atoms with Gasteiger partial charge < -0.3 is 4.74 Å². The van der Waals surface area contributed by atoms with E-state index in [1.54, 1.807) is 18.1 Å². The first-order valence-corrected chi connectivity index (χ1v) is 6.67. The van der Waals surface area contributed by atoms with Crippen LogP contribution in [0.4, 0.5) is 0 Å². The molecule has 1 heterocycles. The third-order valence-corrected chi connectivity index (χ3v) is 3.64. The van der Waals surface area contributed by atoms with Crippen molar-refractivity contribution >= 4 is 11.6 Å². The highest BCUT2D eigenvalue weighted by Crippen LogP contribution is 2.38. The number of rotatable bonds is 3. The molecule has 0 fully saturated rings. The molecule has 0 atom stereocenters. The second-order valence-corrected chi connectivity index (χ2v) is 4.86. The van der Waals surface area contributed by atoms with Gasteiger partial charge >= 0.3 is 0 Å². The predicted molar refractivity (Wildman–Crippen MR) is 79.7 cm³/mol. The van der Waals surface area contributed by atoms with E-state index in [0.717, 1.165) is 22.4 Å². The molecule has 3 aromatic rings. The van der Waals surface area contributed by atoms with Crippen molar-refractivity contribution in [1.82, 2.24) is 20.2 Å². The Labute approximate surface area is 127 Å². The van der Waals surface area contributed by atoms with Crippen LogP contribution in [-0.2, 0) is 0 Å². The van der Waals surface area contributed by atoms with Gasteiger partial charge in [0.2, 0.25) is 0 Å². The highest BCUT2D eigenvalue weighted by atomic mass is 35.5. The lowest BCUT2D eigenvalue weighted by molar-refractivity contribution is 0.416. The maximum absolute atomic E-state index is 6.29. The summed E-state index contributed by atoms with van der Waals surface area (Å²) in [5, 5.41) is 11.7. The van der Waals surface area contributed by atoms with E-state index in [0.29, 0.717) is 10.8 Å². The molecule has 0 aliphatic carbocycles. The second-order valence-electron chi connectivity index (χ2n) is 4.48. The Morgan fingerprint density at radius 1 is 1.33 bits per heavy atom. The third-order valence-electron chi connectivity index (χ3n) is 3.18. The molecule has 0 spiro atoms. The molecule has 1 aromatic heterocycles. The lowest BCUT2D eigenvalue weighted by Crippen LogP contribution is -1.96. The van der Waals surface area contributed by atoms with Crippen molar-refractivity contribution in [2.75, 3.05) is 7.11 Å². The Morgan fingerprint density at radius 3 is 2.90 bits per heavy atom. The van der Waals surface area contributed by atoms with Crippen LogP contribution >= 0.6 is 11.6 Å². The molecule has 5 nitrogen and oxygen atoms in total. The molecule has 6 heteroatoms. The van der Waals surface area contributed by atoms with E-state index in [9.17, 15) is 0 Å². The van der Waals surface area contributed by atoms with Crippen LogP contribution in [0.3, 0.4) is 0 Å². The molecule has 0 saturated heterocycles. The molecular formula is C15H12ClN4O. The van der Waals surface area contributed by atoms with Crippen LogP contribution < -0.4 is 4.74 Å². The molecule has 105 valence electrons. The molecule has 0 saturated carbocycles. The normalized spacial score (nSPS) is 10.6. The maximum Gasteiger partial charge on any atom is 0.145 e. The zero-order valence-electron chi connectivity index (χ0n) is 11.5. The first kappa shape index (κ1) is 13.6. The standard InChI is InChI=1S/C15H12ClN4O/c1-10-6-7-13(15(21-2)14(10)16)11-4-3-5-12(8-11)20-9-17-18-19-20/h3-5,7-9H,1-2H3. The number of halogens is 1. The van der Waals surface area contributed by atoms with E-state index in [-0.39, 0.29) is 0 Å². The summed E-state index contributed by atoms with van der Waals surface area (Å²) >= 11 is 6.29. The van der Waals surface area contributed by atoms with Gasteiger partial charge in [0.15, 0.2) is 0 Å². The van der Waals surface area contributed by atoms with Crippen molar-refractivity contribution in [3.8, 4) is 22.6 Å². The summed E-state index contributed by atoms with van der Waals surface area (Å²) in [5.74, 6) is 0.641. The molecule has 0 N–H and O–H groups in total. The number of ether oxygens (including phenoxy) is 1. The van der Waals surface area contributed by atoms with Gasteiger partial charge in [-0.3, -0.25) is 0 Å². The third kappa shape index (κ3) is 2.48. The van der Waals surface area contributed by atoms with Crippen LogP contribution in [0.1, 0.15) is 5.56 Å². The number of nitrogens with zero attached hydrogens (tertiary/aromatic N) is 4. The van der Waals surface area contributed by atoms with Crippen LogP contribution in [0, 0.1) is 13.0 Å². The van der Waals surface area contributed by atoms with Gasteiger partial charge in [0.05, 0.1) is 17.8 Å². The van der Waals surface area contributed by atoms with E-state index in [4.69, 9.17) is 16.3 Å². The van der Waals surface area contributed by atoms with Gasteiger partial charge in [0.1, 0.15) is 12.1 Å². The van der Waals surface area contributed by atoms with E-state index >= 15 is 0 Å². The van der Waals surface area contributed by atoms with Gasteiger partial charge in [-0.15, -0.1) is 5.10 Å². The minimum absolute atomic E-state index is 0.572. The lowest BCUT2D eigenvalue weighted by Gasteiger charge is -2.12. The van der Waals surface area contributed by atoms with Crippen LogP contribution in [-0.4, -0.2) is 27.3 Å². The van der Waals surface area contributed by atoms with Gasteiger partial charge in [-0.1, -0.05) is 23.7 Å². The Bertz CT molecular complexity index is 771. The number of hydrogen-bond donors (Lipinski definition) is 0. The number of hydrogen-bond acceptors (Lipinski definition) is 4. The van der Waals surface area contributed by atoms with Gasteiger partial charge in [-0.05, 0) is 52.7 Å². The summed E-state index contributed by atoms with van der Waals surface area (Å²) in [5.41, 5.74) is 3.55. The van der Waals surface area contributed by atoms with Crippen LogP contribution in [0.2, 0.25) is 5.02 Å². The number of methoxy groups -OCH3 is 1. The molecular weight excluding hydrogens is 288 g/mol. The van der Waals surface area contributed by atoms with Crippen molar-refractivity contribution in [2.45, 2.75) is 6.92 Å². The molecule has 0 unspecified atom stereocenters. The van der Waals surface area contributed by atoms with E-state index in [1.807, 2.05) is 37.3 Å². The zero-order chi connectivity index (χ0) is 14.8. The van der Waals surface area contributed by atoms with Gasteiger partial charge in [-0.2, -0.15) is 0 Å². The Hall–Kier alpha value is -2.40. The molecule has 2 aromatic carbocycles. The Kier molecular flexibility index (Phi) is 3.58. The fourth-order valence-electron chi connectivity index (χ4n) is 2.11. The number of benzene rings is 2. The van der Waals surface area contributed by atoms with Crippen LogP contribution in [0.25, 0.3) is 16.8 Å². The quantitative estimate of drug-likeness (QED) is 0.746. The molecule has 3 rings (SSSR count). The zero-order valence-corrected chi connectivity index (χ0v) is 12.3. The van der Waals surface area contributed by atoms with Crippen molar-refractivity contribution in [3.63, 3.8) is 0 Å². The largest absolute Gasteiger partial charge is 0.495 e. The van der Waals surface area contributed by atoms with Crippen molar-refractivity contribution < 1.29 is 4.74 Å². The highest BCUT2D eigenvalue weighted by molar-refractivity contribution is 6.33. The van der Waals surface area contributed by atoms with Gasteiger partial charge in [0, 0.05) is 5.56 Å². The average molecular weight is 300 g/mol. The Balaban J connectivity index is 2.13. The fraction of sp³-hybridized carbons (Fsp3) is 0.133. The summed E-state index contributed by atoms with van der Waals surface area (Å²) in [6.07, 6.45) is 1.55. The average Bonchev–Trinajstić information content (AvgIpc) is 3.04. The van der Waals surface area contributed by atoms with Crippen molar-refractivity contribution in [3.05, 3.63) is 53.3 Å². The molecule has 21 heavy (non-hydrogen) atoms. The minimum atomic E-state index is 0.572.